The van der Waals surface area contributed by atoms with E-state index in [0.29, 0.717) is 16.9 Å². The molecule has 3 heterocycles. The molecule has 2 aromatic heterocycles. The Balaban J connectivity index is 1.81. The van der Waals surface area contributed by atoms with E-state index in [1.54, 1.807) is 43.0 Å². The van der Waals surface area contributed by atoms with Crippen LogP contribution >= 0.6 is 0 Å². The van der Waals surface area contributed by atoms with Crippen LogP contribution in [0.15, 0.2) is 48.7 Å². The average molecular weight is 382 g/mol. The molecule has 0 spiro atoms. The van der Waals surface area contributed by atoms with Crippen molar-refractivity contribution < 1.29 is 13.7 Å². The highest BCUT2D eigenvalue weighted by molar-refractivity contribution is 6.54. The van der Waals surface area contributed by atoms with Crippen LogP contribution in [0.5, 0.6) is 0 Å². The number of nitrogens with zero attached hydrogens (tertiary/aromatic N) is 6. The van der Waals surface area contributed by atoms with Gasteiger partial charge in [-0.05, 0) is 45.9 Å². The summed E-state index contributed by atoms with van der Waals surface area (Å²) in [7, 11) is -1.11. The molecule has 1 aliphatic rings. The van der Waals surface area contributed by atoms with Crippen LogP contribution in [0.2, 0.25) is 0 Å². The monoisotopic (exact) mass is 382 g/mol. The maximum atomic E-state index is 15.2. The van der Waals surface area contributed by atoms with E-state index in [1.165, 1.54) is 15.7 Å². The summed E-state index contributed by atoms with van der Waals surface area (Å²) in [5, 5.41) is 16.6. The number of hydrogen-bond donors (Lipinski definition) is 0. The Morgan fingerprint density at radius 2 is 1.32 bits per heavy atom. The fourth-order valence-corrected chi connectivity index (χ4v) is 2.88. The molecule has 0 radical (unpaired) electrons. The number of rotatable bonds is 4. The molecule has 8 nitrogen and oxygen atoms in total. The van der Waals surface area contributed by atoms with Crippen LogP contribution in [0.1, 0.15) is 33.3 Å². The predicted molar refractivity (Wildman–Crippen MR) is 101 cm³/mol. The van der Waals surface area contributed by atoms with Gasteiger partial charge in [0.2, 0.25) is 0 Å². The highest BCUT2D eigenvalue weighted by Gasteiger charge is 2.53. The van der Waals surface area contributed by atoms with Gasteiger partial charge in [-0.1, -0.05) is 6.07 Å². The van der Waals surface area contributed by atoms with Crippen LogP contribution in [0.25, 0.3) is 17.5 Å². The van der Waals surface area contributed by atoms with Crippen LogP contribution in [0.3, 0.4) is 0 Å². The summed E-state index contributed by atoms with van der Waals surface area (Å²) >= 11 is 0. The Morgan fingerprint density at radius 3 is 1.75 bits per heavy atom. The van der Waals surface area contributed by atoms with E-state index >= 15 is 4.39 Å². The molecule has 10 heteroatoms. The molecule has 1 fully saturated rings. The van der Waals surface area contributed by atoms with Crippen molar-refractivity contribution in [2.24, 2.45) is 0 Å². The summed E-state index contributed by atoms with van der Waals surface area (Å²) in [6.45, 7) is 7.50. The van der Waals surface area contributed by atoms with E-state index in [9.17, 15) is 0 Å². The van der Waals surface area contributed by atoms with Crippen molar-refractivity contribution in [1.82, 2.24) is 30.0 Å². The van der Waals surface area contributed by atoms with Crippen molar-refractivity contribution in [3.8, 4) is 11.4 Å². The third-order valence-corrected chi connectivity index (χ3v) is 5.09. The zero-order valence-corrected chi connectivity index (χ0v) is 16.1. The lowest BCUT2D eigenvalue weighted by Gasteiger charge is -2.32. The number of benzene rings is 1. The highest BCUT2D eigenvalue weighted by atomic mass is 19.1. The van der Waals surface area contributed by atoms with Crippen molar-refractivity contribution in [2.75, 3.05) is 0 Å². The minimum Gasteiger partial charge on any atom is -0.398 e. The second-order valence-corrected chi connectivity index (χ2v) is 7.46. The van der Waals surface area contributed by atoms with Gasteiger partial charge in [-0.15, -0.1) is 0 Å². The first-order chi connectivity index (χ1) is 13.3. The van der Waals surface area contributed by atoms with Crippen molar-refractivity contribution >= 4 is 13.2 Å². The lowest BCUT2D eigenvalue weighted by Crippen LogP contribution is -2.41. The van der Waals surface area contributed by atoms with Crippen molar-refractivity contribution in [2.45, 2.75) is 38.9 Å². The van der Waals surface area contributed by atoms with Gasteiger partial charge in [0.05, 0.1) is 47.4 Å². The lowest BCUT2D eigenvalue weighted by atomic mass is 9.86. The summed E-state index contributed by atoms with van der Waals surface area (Å²) in [6, 6.07) is 5.38. The van der Waals surface area contributed by atoms with E-state index in [1.807, 2.05) is 27.7 Å². The maximum absolute atomic E-state index is 15.2. The van der Waals surface area contributed by atoms with Gasteiger partial charge in [0, 0.05) is 5.56 Å². The molecule has 3 aromatic rings. The third-order valence-electron chi connectivity index (χ3n) is 5.09. The summed E-state index contributed by atoms with van der Waals surface area (Å²) in [6.07, 6.45) is 7.57. The molecule has 0 atom stereocenters. The van der Waals surface area contributed by atoms with Crippen molar-refractivity contribution in [1.29, 1.82) is 0 Å². The van der Waals surface area contributed by atoms with E-state index < -0.39 is 24.0 Å². The van der Waals surface area contributed by atoms with Crippen LogP contribution < -0.4 is 0 Å². The predicted octanol–water partition coefficient (Wildman–Crippen LogP) is 2.79. The molecule has 0 N–H and O–H groups in total. The first-order valence-electron chi connectivity index (χ1n) is 8.88. The molecule has 1 saturated heterocycles. The molecular formula is C18H20BFN6O2. The smallest absolute Gasteiger partial charge is 0.398 e. The van der Waals surface area contributed by atoms with Crippen molar-refractivity contribution in [3.05, 3.63) is 54.3 Å². The molecule has 0 bridgehead atoms. The topological polar surface area (TPSA) is 79.9 Å². The zero-order chi connectivity index (χ0) is 19.9. The van der Waals surface area contributed by atoms with Gasteiger partial charge < -0.3 is 9.31 Å². The SMILES string of the molecule is CC1(C)OB(C(F)=Cc2c(-n3nccn3)cccc2-n2nccn2)OC1(C)C. The molecule has 144 valence electrons. The fourth-order valence-electron chi connectivity index (χ4n) is 2.88. The van der Waals surface area contributed by atoms with E-state index in [-0.39, 0.29) is 0 Å². The average Bonchev–Trinajstić information content (AvgIpc) is 3.37. The Morgan fingerprint density at radius 1 is 0.893 bits per heavy atom. The highest BCUT2D eigenvalue weighted by Crippen LogP contribution is 2.39. The summed E-state index contributed by atoms with van der Waals surface area (Å²) in [5.41, 5.74) is -0.192. The van der Waals surface area contributed by atoms with Crippen LogP contribution in [-0.4, -0.2) is 48.3 Å². The Labute approximate surface area is 162 Å². The lowest BCUT2D eigenvalue weighted by molar-refractivity contribution is 0.00578. The third kappa shape index (κ3) is 3.14. The largest absolute Gasteiger partial charge is 0.525 e. The Hall–Kier alpha value is -2.85. The quantitative estimate of drug-likeness (QED) is 0.646. The first-order valence-corrected chi connectivity index (χ1v) is 8.88. The van der Waals surface area contributed by atoms with Crippen LogP contribution in [0.4, 0.5) is 4.39 Å². The fraction of sp³-hybridized carbons (Fsp3) is 0.333. The van der Waals surface area contributed by atoms with E-state index in [0.717, 1.165) is 0 Å². The van der Waals surface area contributed by atoms with E-state index in [2.05, 4.69) is 20.4 Å². The van der Waals surface area contributed by atoms with Gasteiger partial charge in [0.25, 0.3) is 0 Å². The van der Waals surface area contributed by atoms with Gasteiger partial charge in [-0.25, -0.2) is 4.39 Å². The molecule has 28 heavy (non-hydrogen) atoms. The standard InChI is InChI=1S/C18H20BFN6O2/c1-17(2)18(3,4)28-19(27-17)16(20)12-13-14(25-21-8-9-22-25)6-5-7-15(13)26-23-10-11-24-26/h5-12H,1-4H3. The molecular weight excluding hydrogens is 362 g/mol. The van der Waals surface area contributed by atoms with Gasteiger partial charge in [-0.2, -0.15) is 30.0 Å². The van der Waals surface area contributed by atoms with Gasteiger partial charge in [-0.3, -0.25) is 0 Å². The Kier molecular flexibility index (Phi) is 4.39. The summed E-state index contributed by atoms with van der Waals surface area (Å²) in [5.74, 6) is 0. The molecule has 1 aromatic carbocycles. The second-order valence-electron chi connectivity index (χ2n) is 7.46. The molecule has 1 aliphatic heterocycles. The molecule has 0 saturated carbocycles. The summed E-state index contributed by atoms with van der Waals surface area (Å²) < 4.78 is 26.9. The van der Waals surface area contributed by atoms with Gasteiger partial charge in [0.1, 0.15) is 5.73 Å². The van der Waals surface area contributed by atoms with Gasteiger partial charge >= 0.3 is 7.12 Å². The summed E-state index contributed by atoms with van der Waals surface area (Å²) in [4.78, 5) is 2.83. The number of hydrogen-bond acceptors (Lipinski definition) is 6. The molecule has 0 aliphatic carbocycles. The number of aromatic nitrogens is 6. The van der Waals surface area contributed by atoms with Gasteiger partial charge in [0.15, 0.2) is 0 Å². The molecule has 4 rings (SSSR count). The maximum Gasteiger partial charge on any atom is 0.525 e. The van der Waals surface area contributed by atoms with Crippen LogP contribution in [-0.2, 0) is 9.31 Å². The first kappa shape index (κ1) is 18.5. The number of halogens is 1. The van der Waals surface area contributed by atoms with E-state index in [4.69, 9.17) is 9.31 Å². The second kappa shape index (κ2) is 6.64. The van der Waals surface area contributed by atoms with Crippen molar-refractivity contribution in [3.63, 3.8) is 0 Å². The molecule has 0 unspecified atom stereocenters. The minimum atomic E-state index is -1.11. The zero-order valence-electron chi connectivity index (χ0n) is 16.1. The molecule has 0 amide bonds. The van der Waals surface area contributed by atoms with Crippen LogP contribution in [0, 0.1) is 0 Å². The minimum absolute atomic E-state index is 0.502. The normalized spacial score (nSPS) is 18.6. The Bertz CT molecular complexity index is 933.